The average molecular weight is 370 g/mol. The Hall–Kier alpha value is -1.50. The predicted molar refractivity (Wildman–Crippen MR) is 101 cm³/mol. The monoisotopic (exact) mass is 369 g/mol. The van der Waals surface area contributed by atoms with Crippen molar-refractivity contribution in [3.63, 3.8) is 0 Å². The molecule has 6 nitrogen and oxygen atoms in total. The molecule has 7 heteroatoms. The van der Waals surface area contributed by atoms with E-state index in [9.17, 15) is 4.79 Å². The van der Waals surface area contributed by atoms with E-state index in [0.717, 1.165) is 57.1 Å². The fraction of sp³-hybridized carbons (Fsp3) is 0.611. The first-order valence-electron chi connectivity index (χ1n) is 8.56. The molecule has 0 bridgehead atoms. The van der Waals surface area contributed by atoms with Gasteiger partial charge in [-0.15, -0.1) is 12.4 Å². The van der Waals surface area contributed by atoms with Gasteiger partial charge in [0.25, 0.3) is 0 Å². The Kier molecular flexibility index (Phi) is 6.93. The highest BCUT2D eigenvalue weighted by Crippen LogP contribution is 2.30. The van der Waals surface area contributed by atoms with Crippen molar-refractivity contribution in [3.05, 3.63) is 24.3 Å². The van der Waals surface area contributed by atoms with Gasteiger partial charge in [0.05, 0.1) is 19.1 Å². The molecule has 1 aromatic carbocycles. The molecular formula is C18H28ClN3O3. The summed E-state index contributed by atoms with van der Waals surface area (Å²) in [6, 6.07) is 8.09. The third-order valence-corrected chi connectivity index (χ3v) is 5.10. The number of amides is 1. The highest BCUT2D eigenvalue weighted by molar-refractivity contribution is 5.85. The van der Waals surface area contributed by atoms with E-state index < -0.39 is 0 Å². The van der Waals surface area contributed by atoms with E-state index in [-0.39, 0.29) is 23.7 Å². The number of carbonyl (C=O) groups excluding carboxylic acids is 1. The van der Waals surface area contributed by atoms with Crippen molar-refractivity contribution in [3.8, 4) is 5.75 Å². The zero-order valence-electron chi connectivity index (χ0n) is 15.0. The molecule has 1 N–H and O–H groups in total. The highest BCUT2D eigenvalue weighted by atomic mass is 35.5. The predicted octanol–water partition coefficient (Wildman–Crippen LogP) is 1.39. The van der Waals surface area contributed by atoms with Crippen LogP contribution in [0.1, 0.15) is 6.42 Å². The number of ether oxygens (including phenoxy) is 2. The van der Waals surface area contributed by atoms with Crippen LogP contribution in [0.25, 0.3) is 0 Å². The van der Waals surface area contributed by atoms with Gasteiger partial charge in [-0.05, 0) is 25.1 Å². The largest absolute Gasteiger partial charge is 0.497 e. The van der Waals surface area contributed by atoms with Crippen molar-refractivity contribution in [2.75, 3.05) is 65.0 Å². The van der Waals surface area contributed by atoms with Gasteiger partial charge in [0.2, 0.25) is 5.91 Å². The third-order valence-electron chi connectivity index (χ3n) is 5.10. The van der Waals surface area contributed by atoms with Gasteiger partial charge in [-0.1, -0.05) is 6.07 Å². The summed E-state index contributed by atoms with van der Waals surface area (Å²) < 4.78 is 10.6. The number of nitrogens with zero attached hydrogens (tertiary/aromatic N) is 2. The van der Waals surface area contributed by atoms with Crippen LogP contribution in [0.15, 0.2) is 24.3 Å². The molecule has 2 saturated heterocycles. The van der Waals surface area contributed by atoms with Gasteiger partial charge in [-0.3, -0.25) is 4.79 Å². The molecular weight excluding hydrogens is 342 g/mol. The van der Waals surface area contributed by atoms with E-state index in [2.05, 4.69) is 16.3 Å². The third kappa shape index (κ3) is 4.19. The standard InChI is InChI=1S/C18H27N3O3.ClH/c1-23-14-18(6-7-19-13-18)17(22)21-10-8-20(9-11-21)15-4-3-5-16(12-15)24-2;/h3-5,12,19H,6-11,13-14H2,1-2H3;1H. The molecule has 2 heterocycles. The fourth-order valence-electron chi connectivity index (χ4n) is 3.70. The summed E-state index contributed by atoms with van der Waals surface area (Å²) >= 11 is 0. The van der Waals surface area contributed by atoms with E-state index in [1.165, 1.54) is 0 Å². The molecule has 25 heavy (non-hydrogen) atoms. The molecule has 1 unspecified atom stereocenters. The minimum Gasteiger partial charge on any atom is -0.497 e. The number of benzene rings is 1. The van der Waals surface area contributed by atoms with Crippen LogP contribution >= 0.6 is 12.4 Å². The van der Waals surface area contributed by atoms with Crippen molar-refractivity contribution in [2.45, 2.75) is 6.42 Å². The minimum atomic E-state index is -0.382. The van der Waals surface area contributed by atoms with E-state index in [4.69, 9.17) is 9.47 Å². The van der Waals surface area contributed by atoms with Crippen molar-refractivity contribution >= 4 is 24.0 Å². The van der Waals surface area contributed by atoms with Crippen molar-refractivity contribution in [1.29, 1.82) is 0 Å². The number of hydrogen-bond acceptors (Lipinski definition) is 5. The van der Waals surface area contributed by atoms with Crippen molar-refractivity contribution < 1.29 is 14.3 Å². The topological polar surface area (TPSA) is 54.0 Å². The maximum Gasteiger partial charge on any atom is 0.232 e. The number of halogens is 1. The number of carbonyl (C=O) groups is 1. The van der Waals surface area contributed by atoms with Gasteiger partial charge in [0.1, 0.15) is 5.75 Å². The number of anilines is 1. The van der Waals surface area contributed by atoms with Crippen LogP contribution in [-0.2, 0) is 9.53 Å². The van der Waals surface area contributed by atoms with Crippen LogP contribution in [0.4, 0.5) is 5.69 Å². The Morgan fingerprint density at radius 1 is 1.24 bits per heavy atom. The molecule has 1 atom stereocenters. The smallest absolute Gasteiger partial charge is 0.232 e. The van der Waals surface area contributed by atoms with Gasteiger partial charge in [-0.25, -0.2) is 0 Å². The Bertz CT molecular complexity index is 570. The average Bonchev–Trinajstić information content (AvgIpc) is 3.11. The molecule has 1 amide bonds. The van der Waals surface area contributed by atoms with E-state index in [0.29, 0.717) is 6.61 Å². The lowest BCUT2D eigenvalue weighted by Crippen LogP contribution is -2.55. The Morgan fingerprint density at radius 3 is 2.60 bits per heavy atom. The maximum atomic E-state index is 13.0. The van der Waals surface area contributed by atoms with Gasteiger partial charge in [-0.2, -0.15) is 0 Å². The highest BCUT2D eigenvalue weighted by Gasteiger charge is 2.44. The molecule has 2 aliphatic rings. The van der Waals surface area contributed by atoms with Crippen LogP contribution in [0, 0.1) is 5.41 Å². The van der Waals surface area contributed by atoms with Crippen molar-refractivity contribution in [2.24, 2.45) is 5.41 Å². The number of piperazine rings is 1. The summed E-state index contributed by atoms with van der Waals surface area (Å²) in [6.07, 6.45) is 0.857. The zero-order chi connectivity index (χ0) is 17.0. The lowest BCUT2D eigenvalue weighted by atomic mass is 9.86. The molecule has 0 aromatic heterocycles. The first-order valence-corrected chi connectivity index (χ1v) is 8.56. The molecule has 2 aliphatic heterocycles. The maximum absolute atomic E-state index is 13.0. The SMILES string of the molecule is COCC1(C(=O)N2CCN(c3cccc(OC)c3)CC2)CCNC1.Cl. The van der Waals surface area contributed by atoms with E-state index in [1.54, 1.807) is 14.2 Å². The molecule has 3 rings (SSSR count). The first kappa shape index (κ1) is 19.8. The van der Waals surface area contributed by atoms with Gasteiger partial charge in [0.15, 0.2) is 0 Å². The van der Waals surface area contributed by atoms with E-state index >= 15 is 0 Å². The van der Waals surface area contributed by atoms with E-state index in [1.807, 2.05) is 23.1 Å². The summed E-state index contributed by atoms with van der Waals surface area (Å²) in [5.74, 6) is 1.10. The summed E-state index contributed by atoms with van der Waals surface area (Å²) in [6.45, 7) is 5.29. The second-order valence-corrected chi connectivity index (χ2v) is 6.62. The first-order chi connectivity index (χ1) is 11.7. The molecule has 1 aromatic rings. The molecule has 0 spiro atoms. The molecule has 0 aliphatic carbocycles. The van der Waals surface area contributed by atoms with Gasteiger partial charge < -0.3 is 24.6 Å². The Morgan fingerprint density at radius 2 is 2.00 bits per heavy atom. The number of rotatable bonds is 5. The second-order valence-electron chi connectivity index (χ2n) is 6.62. The van der Waals surface area contributed by atoms with Crippen LogP contribution in [0.2, 0.25) is 0 Å². The second kappa shape index (κ2) is 8.74. The fourth-order valence-corrected chi connectivity index (χ4v) is 3.70. The lowest BCUT2D eigenvalue weighted by Gasteiger charge is -2.40. The molecule has 2 fully saturated rings. The van der Waals surface area contributed by atoms with Crippen LogP contribution in [-0.4, -0.2) is 70.9 Å². The molecule has 0 saturated carbocycles. The lowest BCUT2D eigenvalue weighted by molar-refractivity contribution is -0.144. The molecule has 140 valence electrons. The minimum absolute atomic E-state index is 0. The zero-order valence-corrected chi connectivity index (χ0v) is 15.8. The van der Waals surface area contributed by atoms with Gasteiger partial charge in [0, 0.05) is 51.6 Å². The summed E-state index contributed by atoms with van der Waals surface area (Å²) in [7, 11) is 3.36. The van der Waals surface area contributed by atoms with Crippen LogP contribution in [0.3, 0.4) is 0 Å². The summed E-state index contributed by atoms with van der Waals surface area (Å²) in [4.78, 5) is 17.3. The quantitative estimate of drug-likeness (QED) is 0.850. The summed E-state index contributed by atoms with van der Waals surface area (Å²) in [5, 5.41) is 3.31. The van der Waals surface area contributed by atoms with Crippen LogP contribution in [0.5, 0.6) is 5.75 Å². The Balaban J connectivity index is 0.00000225. The number of methoxy groups -OCH3 is 2. The van der Waals surface area contributed by atoms with Crippen LogP contribution < -0.4 is 15.0 Å². The summed E-state index contributed by atoms with van der Waals surface area (Å²) in [5.41, 5.74) is 0.767. The molecule has 0 radical (unpaired) electrons. The number of hydrogen-bond donors (Lipinski definition) is 1. The van der Waals surface area contributed by atoms with Crippen molar-refractivity contribution in [1.82, 2.24) is 10.2 Å². The normalized spacial score (nSPS) is 23.3. The number of nitrogens with one attached hydrogen (secondary N) is 1. The Labute approximate surface area is 155 Å². The van der Waals surface area contributed by atoms with Gasteiger partial charge >= 0.3 is 0 Å².